The van der Waals surface area contributed by atoms with Gasteiger partial charge in [-0.2, -0.15) is 5.10 Å². The molecule has 136 valence electrons. The molecule has 9 nitrogen and oxygen atoms in total. The Morgan fingerprint density at radius 3 is 2.73 bits per heavy atom. The van der Waals surface area contributed by atoms with Crippen molar-refractivity contribution in [2.24, 2.45) is 0 Å². The number of carboxylic acid groups (broad SMARTS) is 1. The lowest BCUT2D eigenvalue weighted by atomic mass is 10.2. The number of esters is 1. The van der Waals surface area contributed by atoms with E-state index in [0.717, 1.165) is 10.2 Å². The molecule has 26 heavy (non-hydrogen) atoms. The van der Waals surface area contributed by atoms with E-state index in [9.17, 15) is 19.5 Å². The van der Waals surface area contributed by atoms with Gasteiger partial charge in [0.05, 0.1) is 13.2 Å². The van der Waals surface area contributed by atoms with Crippen molar-refractivity contribution in [2.45, 2.75) is 19.6 Å². The first-order chi connectivity index (χ1) is 12.5. The fourth-order valence-electron chi connectivity index (χ4n) is 2.64. The van der Waals surface area contributed by atoms with Gasteiger partial charge in [0.25, 0.3) is 5.91 Å². The highest BCUT2D eigenvalue weighted by molar-refractivity contribution is 6.01. The van der Waals surface area contributed by atoms with Crippen LogP contribution in [0.5, 0.6) is 5.75 Å². The number of rotatable bonds is 6. The first-order valence-electron chi connectivity index (χ1n) is 8.00. The van der Waals surface area contributed by atoms with Gasteiger partial charge in [0.15, 0.2) is 17.5 Å². The monoisotopic (exact) mass is 359 g/mol. The highest BCUT2D eigenvalue weighted by Crippen LogP contribution is 2.30. The Balaban J connectivity index is 1.99. The first-order valence-corrected chi connectivity index (χ1v) is 8.00. The average Bonchev–Trinajstić information content (AvgIpc) is 3.02. The molecule has 0 saturated carbocycles. The number of carboxylic acids is 1. The van der Waals surface area contributed by atoms with Crippen molar-refractivity contribution in [1.29, 1.82) is 0 Å². The van der Waals surface area contributed by atoms with Crippen LogP contribution in [-0.4, -0.2) is 45.9 Å². The lowest BCUT2D eigenvalue weighted by molar-refractivity contribution is -0.147. The van der Waals surface area contributed by atoms with Crippen LogP contribution in [0, 0.1) is 0 Å². The van der Waals surface area contributed by atoms with E-state index in [0.29, 0.717) is 0 Å². The highest BCUT2D eigenvalue weighted by atomic mass is 16.5. The van der Waals surface area contributed by atoms with E-state index in [4.69, 9.17) is 9.47 Å². The maximum absolute atomic E-state index is 12.3. The van der Waals surface area contributed by atoms with Crippen molar-refractivity contribution >= 4 is 17.8 Å². The summed E-state index contributed by atoms with van der Waals surface area (Å²) in [6.45, 7) is 1.82. The molecule has 1 aliphatic rings. The molecule has 1 aliphatic heterocycles. The second-order valence-electron chi connectivity index (χ2n) is 5.53. The van der Waals surface area contributed by atoms with Crippen LogP contribution >= 0.6 is 0 Å². The largest absolute Gasteiger partial charge is 0.484 e. The number of nitrogens with one attached hydrogen (secondary N) is 1. The maximum Gasteiger partial charge on any atom is 0.360 e. The number of aromatic nitrogens is 2. The van der Waals surface area contributed by atoms with Gasteiger partial charge in [0.1, 0.15) is 6.61 Å². The summed E-state index contributed by atoms with van der Waals surface area (Å²) in [5.41, 5.74) is 0.256. The van der Waals surface area contributed by atoms with Gasteiger partial charge in [0, 0.05) is 0 Å². The normalized spacial score (nSPS) is 15.7. The average molecular weight is 359 g/mol. The molecule has 1 aromatic heterocycles. The third kappa shape index (κ3) is 3.23. The zero-order valence-corrected chi connectivity index (χ0v) is 14.0. The number of benzene rings is 1. The molecule has 2 N–H and O–H groups in total. The fourth-order valence-corrected chi connectivity index (χ4v) is 2.64. The van der Waals surface area contributed by atoms with E-state index in [1.54, 1.807) is 19.1 Å². The SMILES string of the molecule is CCOC(=O)C1CNC(=O)c2c(OCc3ccccc3)c(C(=O)O)nn21. The minimum Gasteiger partial charge on any atom is -0.484 e. The van der Waals surface area contributed by atoms with Crippen molar-refractivity contribution in [3.8, 4) is 5.75 Å². The Morgan fingerprint density at radius 2 is 2.08 bits per heavy atom. The van der Waals surface area contributed by atoms with Gasteiger partial charge < -0.3 is 19.9 Å². The van der Waals surface area contributed by atoms with Crippen LogP contribution in [-0.2, 0) is 16.1 Å². The number of amides is 1. The molecular weight excluding hydrogens is 342 g/mol. The molecule has 1 unspecified atom stereocenters. The number of nitrogens with zero attached hydrogens (tertiary/aromatic N) is 2. The second kappa shape index (κ2) is 7.26. The number of hydrogen-bond donors (Lipinski definition) is 2. The Morgan fingerprint density at radius 1 is 1.35 bits per heavy atom. The summed E-state index contributed by atoms with van der Waals surface area (Å²) in [7, 11) is 0. The molecule has 0 radical (unpaired) electrons. The van der Waals surface area contributed by atoms with Gasteiger partial charge in [-0.25, -0.2) is 14.3 Å². The summed E-state index contributed by atoms with van der Waals surface area (Å²) in [5, 5.41) is 15.9. The van der Waals surface area contributed by atoms with Gasteiger partial charge in [-0.15, -0.1) is 0 Å². The lowest BCUT2D eigenvalue weighted by Gasteiger charge is -2.23. The fraction of sp³-hybridized carbons (Fsp3) is 0.294. The summed E-state index contributed by atoms with van der Waals surface area (Å²) in [6, 6.07) is 8.12. The van der Waals surface area contributed by atoms with Crippen LogP contribution in [0.3, 0.4) is 0 Å². The summed E-state index contributed by atoms with van der Waals surface area (Å²) in [6.07, 6.45) is 0. The van der Waals surface area contributed by atoms with Crippen LogP contribution in [0.2, 0.25) is 0 Å². The van der Waals surface area contributed by atoms with E-state index < -0.39 is 29.6 Å². The molecule has 2 aromatic rings. The molecule has 0 bridgehead atoms. The lowest BCUT2D eigenvalue weighted by Crippen LogP contribution is -2.43. The van der Waals surface area contributed by atoms with Crippen molar-refractivity contribution < 1.29 is 29.0 Å². The molecule has 1 amide bonds. The van der Waals surface area contributed by atoms with Crippen molar-refractivity contribution in [3.05, 3.63) is 47.3 Å². The molecular formula is C17H17N3O6. The van der Waals surface area contributed by atoms with Crippen molar-refractivity contribution in [1.82, 2.24) is 15.1 Å². The number of fused-ring (bicyclic) bond motifs is 1. The number of carbonyl (C=O) groups is 3. The van der Waals surface area contributed by atoms with Crippen molar-refractivity contribution in [3.63, 3.8) is 0 Å². The third-order valence-corrected chi connectivity index (χ3v) is 3.82. The van der Waals surface area contributed by atoms with Crippen LogP contribution in [0.4, 0.5) is 0 Å². The standard InChI is InChI=1S/C17H17N3O6/c1-2-25-17(24)11-8-18-15(21)13-14(12(16(22)23)19-20(11)13)26-9-10-6-4-3-5-7-10/h3-7,11H,2,8-9H2,1H3,(H,18,21)(H,22,23). The summed E-state index contributed by atoms with van der Waals surface area (Å²) in [4.78, 5) is 36.0. The minimum atomic E-state index is -1.36. The predicted octanol–water partition coefficient (Wildman–Crippen LogP) is 1.01. The molecule has 0 aliphatic carbocycles. The summed E-state index contributed by atoms with van der Waals surface area (Å²) < 4.78 is 11.6. The van der Waals surface area contributed by atoms with Crippen LogP contribution < -0.4 is 10.1 Å². The molecule has 0 fully saturated rings. The number of hydrogen-bond acceptors (Lipinski definition) is 6. The number of aromatic carboxylic acids is 1. The van der Waals surface area contributed by atoms with E-state index in [1.165, 1.54) is 0 Å². The highest BCUT2D eigenvalue weighted by Gasteiger charge is 2.38. The van der Waals surface area contributed by atoms with Gasteiger partial charge >= 0.3 is 11.9 Å². The Labute approximate surface area is 148 Å². The van der Waals surface area contributed by atoms with Crippen LogP contribution in [0.15, 0.2) is 30.3 Å². The zero-order valence-electron chi connectivity index (χ0n) is 14.0. The molecule has 3 rings (SSSR count). The minimum absolute atomic E-state index is 0.0382. The van der Waals surface area contributed by atoms with Crippen LogP contribution in [0.25, 0.3) is 0 Å². The smallest absolute Gasteiger partial charge is 0.360 e. The van der Waals surface area contributed by atoms with Gasteiger partial charge in [-0.05, 0) is 12.5 Å². The zero-order chi connectivity index (χ0) is 18.7. The molecule has 1 aromatic carbocycles. The number of carbonyl (C=O) groups excluding carboxylic acids is 2. The van der Waals surface area contributed by atoms with Gasteiger partial charge in [-0.1, -0.05) is 30.3 Å². The Hall–Kier alpha value is -3.36. The van der Waals surface area contributed by atoms with E-state index in [1.807, 2.05) is 18.2 Å². The van der Waals surface area contributed by atoms with E-state index in [-0.39, 0.29) is 31.2 Å². The summed E-state index contributed by atoms with van der Waals surface area (Å²) >= 11 is 0. The molecule has 2 heterocycles. The maximum atomic E-state index is 12.3. The Bertz CT molecular complexity index is 846. The molecule has 9 heteroatoms. The quantitative estimate of drug-likeness (QED) is 0.739. The molecule has 1 atom stereocenters. The van der Waals surface area contributed by atoms with Crippen molar-refractivity contribution in [2.75, 3.05) is 13.2 Å². The van der Waals surface area contributed by atoms with E-state index >= 15 is 0 Å². The molecule has 0 saturated heterocycles. The van der Waals surface area contributed by atoms with Gasteiger partial charge in [-0.3, -0.25) is 4.79 Å². The second-order valence-corrected chi connectivity index (χ2v) is 5.53. The van der Waals surface area contributed by atoms with Gasteiger partial charge in [0.2, 0.25) is 5.69 Å². The predicted molar refractivity (Wildman–Crippen MR) is 88.0 cm³/mol. The molecule has 0 spiro atoms. The number of ether oxygens (including phenoxy) is 2. The first kappa shape index (κ1) is 17.5. The Kier molecular flexibility index (Phi) is 4.87. The summed E-state index contributed by atoms with van der Waals surface area (Å²) in [5.74, 6) is -2.70. The van der Waals surface area contributed by atoms with E-state index in [2.05, 4.69) is 10.4 Å². The third-order valence-electron chi connectivity index (χ3n) is 3.82. The van der Waals surface area contributed by atoms with Crippen LogP contribution in [0.1, 0.15) is 39.5 Å². The topological polar surface area (TPSA) is 120 Å².